The molecule has 7 heteroatoms. The summed E-state index contributed by atoms with van der Waals surface area (Å²) in [5.41, 5.74) is 2.31. The fourth-order valence-corrected chi connectivity index (χ4v) is 3.78. The monoisotopic (exact) mass is 389 g/mol. The minimum atomic E-state index is -0.129. The van der Waals surface area contributed by atoms with Crippen molar-refractivity contribution in [3.63, 3.8) is 0 Å². The van der Waals surface area contributed by atoms with E-state index in [9.17, 15) is 9.59 Å². The van der Waals surface area contributed by atoms with E-state index in [2.05, 4.69) is 20.8 Å². The third-order valence-electron chi connectivity index (χ3n) is 5.19. The molecule has 1 aliphatic rings. The minimum absolute atomic E-state index is 0.0196. The van der Waals surface area contributed by atoms with E-state index in [0.717, 1.165) is 30.5 Å². The summed E-state index contributed by atoms with van der Waals surface area (Å²) in [5, 5.41) is 13.8. The van der Waals surface area contributed by atoms with Crippen LogP contribution in [0.4, 0.5) is 0 Å². The Kier molecular flexibility index (Phi) is 5.65. The van der Waals surface area contributed by atoms with Gasteiger partial charge in [0.15, 0.2) is 0 Å². The first-order valence-electron chi connectivity index (χ1n) is 9.77. The summed E-state index contributed by atoms with van der Waals surface area (Å²) >= 11 is 0. The van der Waals surface area contributed by atoms with Crippen molar-refractivity contribution in [1.29, 1.82) is 0 Å². The number of aromatic nitrogens is 3. The van der Waals surface area contributed by atoms with Crippen molar-refractivity contribution in [2.75, 3.05) is 0 Å². The van der Waals surface area contributed by atoms with Gasteiger partial charge in [0.25, 0.3) is 5.91 Å². The molecule has 29 heavy (non-hydrogen) atoms. The fraction of sp³-hybridized carbons (Fsp3) is 0.273. The Morgan fingerprint density at radius 3 is 2.31 bits per heavy atom. The maximum Gasteiger partial charge on any atom is 0.253 e. The molecule has 2 atom stereocenters. The molecule has 0 saturated heterocycles. The molecule has 1 fully saturated rings. The van der Waals surface area contributed by atoms with Crippen LogP contribution in [0.25, 0.3) is 5.69 Å². The predicted octanol–water partition coefficient (Wildman–Crippen LogP) is 2.28. The number of nitrogens with zero attached hydrogens (tertiary/aromatic N) is 3. The average molecular weight is 389 g/mol. The van der Waals surface area contributed by atoms with Gasteiger partial charge in [-0.3, -0.25) is 14.2 Å². The molecule has 1 saturated carbocycles. The second kappa shape index (κ2) is 8.68. The first kappa shape index (κ1) is 18.9. The van der Waals surface area contributed by atoms with Crippen LogP contribution in [0.3, 0.4) is 0 Å². The van der Waals surface area contributed by atoms with Crippen molar-refractivity contribution in [3.05, 3.63) is 78.4 Å². The first-order valence-corrected chi connectivity index (χ1v) is 9.77. The summed E-state index contributed by atoms with van der Waals surface area (Å²) in [7, 11) is 0. The predicted molar refractivity (Wildman–Crippen MR) is 109 cm³/mol. The minimum Gasteiger partial charge on any atom is -0.353 e. The Morgan fingerprint density at radius 2 is 1.55 bits per heavy atom. The number of hydrogen-bond acceptors (Lipinski definition) is 4. The smallest absolute Gasteiger partial charge is 0.253 e. The van der Waals surface area contributed by atoms with Gasteiger partial charge in [0.1, 0.15) is 12.7 Å². The molecule has 0 bridgehead atoms. The Morgan fingerprint density at radius 1 is 0.897 bits per heavy atom. The summed E-state index contributed by atoms with van der Waals surface area (Å²) < 4.78 is 1.72. The van der Waals surface area contributed by atoms with Crippen molar-refractivity contribution in [1.82, 2.24) is 25.4 Å². The maximum absolute atomic E-state index is 12.8. The Balaban J connectivity index is 1.33. The van der Waals surface area contributed by atoms with E-state index in [4.69, 9.17) is 0 Å². The summed E-state index contributed by atoms with van der Waals surface area (Å²) in [4.78, 5) is 25.1. The topological polar surface area (TPSA) is 88.9 Å². The van der Waals surface area contributed by atoms with E-state index in [1.165, 1.54) is 0 Å². The summed E-state index contributed by atoms with van der Waals surface area (Å²) in [6, 6.07) is 17.2. The number of nitrogens with one attached hydrogen (secondary N) is 2. The highest BCUT2D eigenvalue weighted by Crippen LogP contribution is 2.21. The van der Waals surface area contributed by atoms with Gasteiger partial charge < -0.3 is 10.6 Å². The highest BCUT2D eigenvalue weighted by atomic mass is 16.2. The van der Waals surface area contributed by atoms with Gasteiger partial charge in [-0.05, 0) is 37.0 Å². The third-order valence-corrected chi connectivity index (χ3v) is 5.19. The molecule has 1 aliphatic carbocycles. The SMILES string of the molecule is O=C(Cc1ccccc1)N[C@H]1CC[C@@H](NC(=O)c2ccccc2-n2cnnc2)C1. The van der Waals surface area contributed by atoms with Gasteiger partial charge >= 0.3 is 0 Å². The molecule has 0 spiro atoms. The van der Waals surface area contributed by atoms with Crippen LogP contribution in [0.15, 0.2) is 67.3 Å². The lowest BCUT2D eigenvalue weighted by Crippen LogP contribution is -2.37. The Bertz CT molecular complexity index is 972. The zero-order valence-electron chi connectivity index (χ0n) is 16.0. The number of benzene rings is 2. The first-order chi connectivity index (χ1) is 14.2. The van der Waals surface area contributed by atoms with Crippen molar-refractivity contribution in [2.45, 2.75) is 37.8 Å². The molecule has 7 nitrogen and oxygen atoms in total. The van der Waals surface area contributed by atoms with Gasteiger partial charge in [0, 0.05) is 12.1 Å². The van der Waals surface area contributed by atoms with Gasteiger partial charge in [-0.15, -0.1) is 10.2 Å². The summed E-state index contributed by atoms with van der Waals surface area (Å²) in [5.74, 6) is -0.110. The van der Waals surface area contributed by atoms with Crippen LogP contribution >= 0.6 is 0 Å². The largest absolute Gasteiger partial charge is 0.353 e. The van der Waals surface area contributed by atoms with Crippen molar-refractivity contribution < 1.29 is 9.59 Å². The molecular formula is C22H23N5O2. The molecule has 2 amide bonds. The summed E-state index contributed by atoms with van der Waals surface area (Å²) in [6.07, 6.45) is 5.96. The third kappa shape index (κ3) is 4.68. The molecule has 0 radical (unpaired) electrons. The Labute approximate surface area is 169 Å². The molecule has 2 N–H and O–H groups in total. The van der Waals surface area contributed by atoms with Crippen LogP contribution in [-0.4, -0.2) is 38.7 Å². The lowest BCUT2D eigenvalue weighted by molar-refractivity contribution is -0.121. The zero-order chi connectivity index (χ0) is 20.1. The number of rotatable bonds is 6. The van der Waals surface area contributed by atoms with E-state index >= 15 is 0 Å². The van der Waals surface area contributed by atoms with Gasteiger partial charge in [0.05, 0.1) is 17.7 Å². The molecule has 148 valence electrons. The molecule has 0 unspecified atom stereocenters. The second-order valence-corrected chi connectivity index (χ2v) is 7.30. The quantitative estimate of drug-likeness (QED) is 0.677. The fourth-order valence-electron chi connectivity index (χ4n) is 3.78. The molecule has 1 aromatic heterocycles. The molecular weight excluding hydrogens is 366 g/mol. The molecule has 4 rings (SSSR count). The summed E-state index contributed by atoms with van der Waals surface area (Å²) in [6.45, 7) is 0. The Hall–Kier alpha value is -3.48. The van der Waals surface area contributed by atoms with Crippen molar-refractivity contribution >= 4 is 11.8 Å². The van der Waals surface area contributed by atoms with Crippen LogP contribution in [0.2, 0.25) is 0 Å². The van der Waals surface area contributed by atoms with Crippen LogP contribution in [0, 0.1) is 0 Å². The van der Waals surface area contributed by atoms with Crippen LogP contribution in [0.1, 0.15) is 35.2 Å². The van der Waals surface area contributed by atoms with Gasteiger partial charge in [-0.25, -0.2) is 0 Å². The van der Waals surface area contributed by atoms with Crippen LogP contribution < -0.4 is 10.6 Å². The number of hydrogen-bond donors (Lipinski definition) is 2. The van der Waals surface area contributed by atoms with Gasteiger partial charge in [-0.1, -0.05) is 42.5 Å². The number of carbonyl (C=O) groups is 2. The highest BCUT2D eigenvalue weighted by molar-refractivity contribution is 5.98. The molecule has 0 aliphatic heterocycles. The van der Waals surface area contributed by atoms with Gasteiger partial charge in [-0.2, -0.15) is 0 Å². The number of amides is 2. The average Bonchev–Trinajstić information content (AvgIpc) is 3.41. The standard InChI is InChI=1S/C22H23N5O2/c28-21(12-16-6-2-1-3-7-16)25-17-10-11-18(13-17)26-22(29)19-8-4-5-9-20(19)27-14-23-24-15-27/h1-9,14-15,17-18H,10-13H2,(H,25,28)(H,26,29)/t17-,18+/m0/s1. The van der Waals surface area contributed by atoms with Crippen molar-refractivity contribution in [3.8, 4) is 5.69 Å². The second-order valence-electron chi connectivity index (χ2n) is 7.30. The molecule has 1 heterocycles. The number of para-hydroxylation sites is 1. The normalized spacial score (nSPS) is 18.3. The van der Waals surface area contributed by atoms with E-state index in [0.29, 0.717) is 12.0 Å². The molecule has 2 aromatic carbocycles. The highest BCUT2D eigenvalue weighted by Gasteiger charge is 2.27. The zero-order valence-corrected chi connectivity index (χ0v) is 16.0. The maximum atomic E-state index is 12.8. The van der Waals surface area contributed by atoms with E-state index in [-0.39, 0.29) is 23.9 Å². The lowest BCUT2D eigenvalue weighted by atomic mass is 10.1. The van der Waals surface area contributed by atoms with Crippen LogP contribution in [-0.2, 0) is 11.2 Å². The van der Waals surface area contributed by atoms with E-state index < -0.39 is 0 Å². The van der Waals surface area contributed by atoms with E-state index in [1.54, 1.807) is 23.3 Å². The lowest BCUT2D eigenvalue weighted by Gasteiger charge is -2.16. The van der Waals surface area contributed by atoms with E-state index in [1.807, 2.05) is 48.5 Å². The number of carbonyl (C=O) groups excluding carboxylic acids is 2. The van der Waals surface area contributed by atoms with Crippen molar-refractivity contribution in [2.24, 2.45) is 0 Å². The molecule has 3 aromatic rings. The van der Waals surface area contributed by atoms with Crippen LogP contribution in [0.5, 0.6) is 0 Å². The van der Waals surface area contributed by atoms with Gasteiger partial charge in [0.2, 0.25) is 5.91 Å².